The monoisotopic (exact) mass is 319 g/mol. The topological polar surface area (TPSA) is 32.7 Å². The Morgan fingerprint density at radius 3 is 2.35 bits per heavy atom. The maximum atomic E-state index is 11.6. The Kier molecular flexibility index (Phi) is 6.91. The van der Waals surface area contributed by atoms with Crippen molar-refractivity contribution in [3.63, 3.8) is 0 Å². The molecule has 1 aromatic rings. The first kappa shape index (κ1) is 18.3. The minimum absolute atomic E-state index is 0.374. The highest BCUT2D eigenvalue weighted by Crippen LogP contribution is 2.42. The van der Waals surface area contributed by atoms with Gasteiger partial charge in [-0.1, -0.05) is 38.3 Å². The van der Waals surface area contributed by atoms with Crippen molar-refractivity contribution in [2.45, 2.75) is 57.5 Å². The quantitative estimate of drug-likeness (QED) is 0.779. The van der Waals surface area contributed by atoms with Crippen LogP contribution in [-0.2, 0) is 5.60 Å². The van der Waals surface area contributed by atoms with Crippen LogP contribution in [0, 0.1) is 5.92 Å². The molecule has 1 unspecified atom stereocenters. The fraction of sp³-hybridized carbons (Fsp3) is 0.700. The van der Waals surface area contributed by atoms with Crippen LogP contribution in [0.2, 0.25) is 0 Å². The zero-order chi connectivity index (χ0) is 16.7. The molecule has 1 aliphatic rings. The predicted molar refractivity (Wildman–Crippen MR) is 95.9 cm³/mol. The molecule has 3 heteroatoms. The second-order valence-electron chi connectivity index (χ2n) is 7.19. The largest absolute Gasteiger partial charge is 0.494 e. The van der Waals surface area contributed by atoms with Gasteiger partial charge in [0.15, 0.2) is 0 Å². The first-order chi connectivity index (χ1) is 11.1. The molecule has 3 nitrogen and oxygen atoms in total. The van der Waals surface area contributed by atoms with Gasteiger partial charge in [-0.3, -0.25) is 0 Å². The molecule has 23 heavy (non-hydrogen) atoms. The normalized spacial score (nSPS) is 18.8. The second kappa shape index (κ2) is 8.70. The molecule has 1 saturated carbocycles. The highest BCUT2D eigenvalue weighted by molar-refractivity contribution is 5.31. The van der Waals surface area contributed by atoms with E-state index in [9.17, 15) is 5.11 Å². The maximum Gasteiger partial charge on any atom is 0.119 e. The number of ether oxygens (including phenoxy) is 1. The summed E-state index contributed by atoms with van der Waals surface area (Å²) in [6.07, 6.45) is 7.87. The van der Waals surface area contributed by atoms with Crippen LogP contribution in [0.1, 0.15) is 57.4 Å². The fourth-order valence-electron chi connectivity index (χ4n) is 3.62. The Hall–Kier alpha value is -1.06. The number of nitrogens with zero attached hydrogens (tertiary/aromatic N) is 1. The molecular weight excluding hydrogens is 286 g/mol. The van der Waals surface area contributed by atoms with Gasteiger partial charge in [-0.05, 0) is 63.4 Å². The summed E-state index contributed by atoms with van der Waals surface area (Å²) in [6, 6.07) is 8.15. The molecule has 0 radical (unpaired) electrons. The van der Waals surface area contributed by atoms with Crippen molar-refractivity contribution in [1.29, 1.82) is 0 Å². The third kappa shape index (κ3) is 4.95. The van der Waals surface area contributed by atoms with Crippen molar-refractivity contribution >= 4 is 0 Å². The summed E-state index contributed by atoms with van der Waals surface area (Å²) in [4.78, 5) is 2.16. The molecule has 1 aliphatic carbocycles. The van der Waals surface area contributed by atoms with Gasteiger partial charge in [-0.25, -0.2) is 0 Å². The molecule has 130 valence electrons. The van der Waals surface area contributed by atoms with Crippen molar-refractivity contribution in [1.82, 2.24) is 4.90 Å². The fourth-order valence-corrected chi connectivity index (χ4v) is 3.62. The zero-order valence-electron chi connectivity index (χ0n) is 15.1. The lowest BCUT2D eigenvalue weighted by molar-refractivity contribution is -0.0500. The van der Waals surface area contributed by atoms with Gasteiger partial charge in [0.05, 0.1) is 12.2 Å². The highest BCUT2D eigenvalue weighted by Gasteiger charge is 2.38. The van der Waals surface area contributed by atoms with Crippen LogP contribution in [0.25, 0.3) is 0 Å². The van der Waals surface area contributed by atoms with Crippen molar-refractivity contribution < 1.29 is 9.84 Å². The Balaban J connectivity index is 2.17. The standard InChI is InChI=1S/C20H33NO2/c1-4-16-23-19-12-10-18(11-13-19)20(22,14-15-21(2)3)17-8-6-5-7-9-17/h10-13,17,22H,4-9,14-16H2,1-3H3. The van der Waals surface area contributed by atoms with Crippen LogP contribution < -0.4 is 4.74 Å². The average Bonchev–Trinajstić information content (AvgIpc) is 2.59. The van der Waals surface area contributed by atoms with Crippen molar-refractivity contribution in [3.8, 4) is 5.75 Å². The van der Waals surface area contributed by atoms with Crippen molar-refractivity contribution in [3.05, 3.63) is 29.8 Å². The lowest BCUT2D eigenvalue weighted by Crippen LogP contribution is -2.39. The van der Waals surface area contributed by atoms with E-state index >= 15 is 0 Å². The minimum atomic E-state index is -0.714. The Bertz CT molecular complexity index is 451. The zero-order valence-corrected chi connectivity index (χ0v) is 15.1. The number of rotatable bonds is 8. The third-order valence-electron chi connectivity index (χ3n) is 5.05. The first-order valence-electron chi connectivity index (χ1n) is 9.16. The predicted octanol–water partition coefficient (Wildman–Crippen LogP) is 4.20. The molecule has 0 bridgehead atoms. The van der Waals surface area contributed by atoms with E-state index in [1.807, 2.05) is 12.1 Å². The highest BCUT2D eigenvalue weighted by atomic mass is 16.5. The molecule has 0 heterocycles. The lowest BCUT2D eigenvalue weighted by atomic mass is 9.71. The van der Waals surface area contributed by atoms with Gasteiger partial charge in [0, 0.05) is 6.54 Å². The van der Waals surface area contributed by atoms with Crippen molar-refractivity contribution in [2.75, 3.05) is 27.2 Å². The summed E-state index contributed by atoms with van der Waals surface area (Å²) < 4.78 is 5.68. The summed E-state index contributed by atoms with van der Waals surface area (Å²) in [5.74, 6) is 1.27. The van der Waals surface area contributed by atoms with E-state index in [0.29, 0.717) is 5.92 Å². The Morgan fingerprint density at radius 1 is 1.13 bits per heavy atom. The van der Waals surface area contributed by atoms with Gasteiger partial charge in [0.25, 0.3) is 0 Å². The molecule has 1 fully saturated rings. The molecule has 2 rings (SSSR count). The maximum absolute atomic E-state index is 11.6. The SMILES string of the molecule is CCCOc1ccc(C(O)(CCN(C)C)C2CCCCC2)cc1. The van der Waals surface area contributed by atoms with Crippen LogP contribution in [0.5, 0.6) is 5.75 Å². The Morgan fingerprint density at radius 2 is 1.78 bits per heavy atom. The molecule has 0 spiro atoms. The van der Waals surface area contributed by atoms with Crippen LogP contribution in [0.3, 0.4) is 0 Å². The molecule has 0 aromatic heterocycles. The number of hydrogen-bond acceptors (Lipinski definition) is 3. The van der Waals surface area contributed by atoms with Crippen LogP contribution in [0.15, 0.2) is 24.3 Å². The number of aliphatic hydroxyl groups is 1. The number of benzene rings is 1. The van der Waals surface area contributed by atoms with Crippen LogP contribution in [-0.4, -0.2) is 37.3 Å². The van der Waals surface area contributed by atoms with Gasteiger partial charge in [-0.2, -0.15) is 0 Å². The van der Waals surface area contributed by atoms with E-state index in [4.69, 9.17) is 4.74 Å². The summed E-state index contributed by atoms with van der Waals surface area (Å²) in [7, 11) is 4.14. The second-order valence-corrected chi connectivity index (χ2v) is 7.19. The summed E-state index contributed by atoms with van der Waals surface area (Å²) in [5, 5.41) is 11.6. The molecule has 1 atom stereocenters. The van der Waals surface area contributed by atoms with Crippen LogP contribution >= 0.6 is 0 Å². The van der Waals surface area contributed by atoms with E-state index in [0.717, 1.165) is 50.1 Å². The molecule has 1 aromatic carbocycles. The summed E-state index contributed by atoms with van der Waals surface area (Å²) in [6.45, 7) is 3.76. The van der Waals surface area contributed by atoms with E-state index in [2.05, 4.69) is 38.1 Å². The van der Waals surface area contributed by atoms with E-state index in [1.165, 1.54) is 19.3 Å². The van der Waals surface area contributed by atoms with Gasteiger partial charge >= 0.3 is 0 Å². The smallest absolute Gasteiger partial charge is 0.119 e. The third-order valence-corrected chi connectivity index (χ3v) is 5.05. The summed E-state index contributed by atoms with van der Waals surface area (Å²) in [5.41, 5.74) is 0.337. The van der Waals surface area contributed by atoms with Crippen LogP contribution in [0.4, 0.5) is 0 Å². The van der Waals surface area contributed by atoms with Gasteiger partial charge in [0.1, 0.15) is 5.75 Å². The molecule has 0 amide bonds. The van der Waals surface area contributed by atoms with E-state index in [-0.39, 0.29) is 0 Å². The van der Waals surface area contributed by atoms with E-state index in [1.54, 1.807) is 0 Å². The van der Waals surface area contributed by atoms with Gasteiger partial charge in [-0.15, -0.1) is 0 Å². The van der Waals surface area contributed by atoms with Gasteiger partial charge in [0.2, 0.25) is 0 Å². The molecular formula is C20H33NO2. The Labute approximate surface area is 141 Å². The summed E-state index contributed by atoms with van der Waals surface area (Å²) >= 11 is 0. The van der Waals surface area contributed by atoms with E-state index < -0.39 is 5.60 Å². The first-order valence-corrected chi connectivity index (χ1v) is 9.16. The van der Waals surface area contributed by atoms with Gasteiger partial charge < -0.3 is 14.7 Å². The number of hydrogen-bond donors (Lipinski definition) is 1. The average molecular weight is 319 g/mol. The molecule has 0 saturated heterocycles. The molecule has 1 N–H and O–H groups in total. The lowest BCUT2D eigenvalue weighted by Gasteiger charge is -2.40. The minimum Gasteiger partial charge on any atom is -0.494 e. The van der Waals surface area contributed by atoms with Crippen molar-refractivity contribution in [2.24, 2.45) is 5.92 Å². The molecule has 0 aliphatic heterocycles.